The summed E-state index contributed by atoms with van der Waals surface area (Å²) in [5.74, 6) is -0.414. The lowest BCUT2D eigenvalue weighted by molar-refractivity contribution is -0.384. The lowest BCUT2D eigenvalue weighted by Gasteiger charge is -2.34. The van der Waals surface area contributed by atoms with E-state index < -0.39 is 4.92 Å². The molecule has 11 heteroatoms. The lowest BCUT2D eigenvalue weighted by Crippen LogP contribution is -2.47. The maximum atomic E-state index is 13.3. The first kappa shape index (κ1) is 21.8. The standard InChI is InChI=1S/C21H26N6O5/c1-24-14-15(13-22-24)20(28)23-16-4-6-26(7-5-16)21(29)18-12-17(27(30)31)2-3-19(18)25-8-10-32-11-9-25/h2-3,12-14,16H,4-11H2,1H3,(H,23,28). The monoisotopic (exact) mass is 442 g/mol. The number of benzene rings is 1. The molecule has 11 nitrogen and oxygen atoms in total. The molecule has 1 aromatic carbocycles. The molecule has 1 aromatic heterocycles. The average molecular weight is 442 g/mol. The van der Waals surface area contributed by atoms with E-state index in [0.717, 1.165) is 0 Å². The number of aryl methyl sites for hydroxylation is 1. The largest absolute Gasteiger partial charge is 0.378 e. The van der Waals surface area contributed by atoms with Crippen LogP contribution in [0.3, 0.4) is 0 Å². The molecule has 0 atom stereocenters. The molecule has 0 spiro atoms. The van der Waals surface area contributed by atoms with Crippen molar-refractivity contribution in [3.63, 3.8) is 0 Å². The highest BCUT2D eigenvalue weighted by atomic mass is 16.6. The van der Waals surface area contributed by atoms with Crippen molar-refractivity contribution in [2.45, 2.75) is 18.9 Å². The first-order chi connectivity index (χ1) is 15.4. The number of nitro benzene ring substituents is 1. The number of non-ortho nitro benzene ring substituents is 1. The van der Waals surface area contributed by atoms with E-state index in [-0.39, 0.29) is 23.5 Å². The van der Waals surface area contributed by atoms with Crippen molar-refractivity contribution in [3.8, 4) is 0 Å². The minimum absolute atomic E-state index is 0.0458. The molecule has 2 aliphatic rings. The lowest BCUT2D eigenvalue weighted by atomic mass is 10.0. The number of rotatable bonds is 5. The normalized spacial score (nSPS) is 17.3. The van der Waals surface area contributed by atoms with Crippen molar-refractivity contribution >= 4 is 23.2 Å². The molecule has 2 saturated heterocycles. The molecule has 2 aliphatic heterocycles. The van der Waals surface area contributed by atoms with Gasteiger partial charge in [-0.15, -0.1) is 0 Å². The third-order valence-electron chi connectivity index (χ3n) is 5.86. The zero-order valence-electron chi connectivity index (χ0n) is 17.9. The number of nitro groups is 1. The van der Waals surface area contributed by atoms with Crippen LogP contribution in [0.2, 0.25) is 0 Å². The topological polar surface area (TPSA) is 123 Å². The van der Waals surface area contributed by atoms with Crippen LogP contribution in [0.5, 0.6) is 0 Å². The van der Waals surface area contributed by atoms with Gasteiger partial charge in [-0.3, -0.25) is 24.4 Å². The highest BCUT2D eigenvalue weighted by molar-refractivity contribution is 6.00. The fraction of sp³-hybridized carbons (Fsp3) is 0.476. The van der Waals surface area contributed by atoms with Gasteiger partial charge in [-0.2, -0.15) is 5.10 Å². The molecular weight excluding hydrogens is 416 g/mol. The van der Waals surface area contributed by atoms with Gasteiger partial charge in [0.25, 0.3) is 17.5 Å². The van der Waals surface area contributed by atoms with Crippen LogP contribution < -0.4 is 10.2 Å². The van der Waals surface area contributed by atoms with Crippen LogP contribution in [0.1, 0.15) is 33.6 Å². The van der Waals surface area contributed by atoms with Crippen LogP contribution in [0.25, 0.3) is 0 Å². The SMILES string of the molecule is Cn1cc(C(=O)NC2CCN(C(=O)c3cc([N+](=O)[O-])ccc3N3CCOCC3)CC2)cn1. The summed E-state index contributed by atoms with van der Waals surface area (Å²) in [6.45, 7) is 3.27. The van der Waals surface area contributed by atoms with Gasteiger partial charge in [-0.25, -0.2) is 0 Å². The van der Waals surface area contributed by atoms with Crippen molar-refractivity contribution in [3.05, 3.63) is 51.8 Å². The molecule has 1 N–H and O–H groups in total. The number of anilines is 1. The number of amides is 2. The summed E-state index contributed by atoms with van der Waals surface area (Å²) >= 11 is 0. The van der Waals surface area contributed by atoms with Crippen molar-refractivity contribution < 1.29 is 19.2 Å². The predicted octanol–water partition coefficient (Wildman–Crippen LogP) is 1.20. The number of hydrogen-bond donors (Lipinski definition) is 1. The second kappa shape index (κ2) is 9.35. The molecule has 2 fully saturated rings. The summed E-state index contributed by atoms with van der Waals surface area (Å²) in [4.78, 5) is 40.2. The van der Waals surface area contributed by atoms with E-state index in [4.69, 9.17) is 4.74 Å². The number of morpholine rings is 1. The van der Waals surface area contributed by atoms with Crippen LogP contribution in [0, 0.1) is 10.1 Å². The Morgan fingerprint density at radius 3 is 2.53 bits per heavy atom. The van der Waals surface area contributed by atoms with E-state index in [9.17, 15) is 19.7 Å². The Bertz CT molecular complexity index is 1010. The Kier molecular flexibility index (Phi) is 6.35. The number of aromatic nitrogens is 2. The molecule has 0 aliphatic carbocycles. The molecule has 4 rings (SSSR count). The number of carbonyl (C=O) groups excluding carboxylic acids is 2. The predicted molar refractivity (Wildman–Crippen MR) is 116 cm³/mol. The summed E-state index contributed by atoms with van der Waals surface area (Å²) in [6, 6.07) is 4.40. The number of nitrogens with zero attached hydrogens (tertiary/aromatic N) is 5. The highest BCUT2D eigenvalue weighted by Gasteiger charge is 2.29. The van der Waals surface area contributed by atoms with Gasteiger partial charge < -0.3 is 19.9 Å². The highest BCUT2D eigenvalue weighted by Crippen LogP contribution is 2.28. The maximum absolute atomic E-state index is 13.3. The third-order valence-corrected chi connectivity index (χ3v) is 5.86. The smallest absolute Gasteiger partial charge is 0.270 e. The van der Waals surface area contributed by atoms with Gasteiger partial charge in [0.2, 0.25) is 0 Å². The maximum Gasteiger partial charge on any atom is 0.270 e. The van der Waals surface area contributed by atoms with Crippen LogP contribution >= 0.6 is 0 Å². The molecule has 3 heterocycles. The first-order valence-electron chi connectivity index (χ1n) is 10.6. The van der Waals surface area contributed by atoms with Crippen molar-refractivity contribution in [2.24, 2.45) is 7.05 Å². The van der Waals surface area contributed by atoms with E-state index in [0.29, 0.717) is 69.0 Å². The fourth-order valence-corrected chi connectivity index (χ4v) is 4.09. The Hall–Kier alpha value is -3.47. The van der Waals surface area contributed by atoms with Crippen LogP contribution in [0.4, 0.5) is 11.4 Å². The molecule has 32 heavy (non-hydrogen) atoms. The summed E-state index contributed by atoms with van der Waals surface area (Å²) in [7, 11) is 1.75. The summed E-state index contributed by atoms with van der Waals surface area (Å²) in [6.07, 6.45) is 4.39. The zero-order chi connectivity index (χ0) is 22.7. The summed E-state index contributed by atoms with van der Waals surface area (Å²) in [5.41, 5.74) is 1.41. The number of ether oxygens (including phenoxy) is 1. The summed E-state index contributed by atoms with van der Waals surface area (Å²) < 4.78 is 6.96. The van der Waals surface area contributed by atoms with Crippen LogP contribution in [-0.4, -0.2) is 76.9 Å². The van der Waals surface area contributed by atoms with Crippen molar-refractivity contribution in [1.82, 2.24) is 20.0 Å². The minimum Gasteiger partial charge on any atom is -0.378 e. The minimum atomic E-state index is -0.486. The van der Waals surface area contributed by atoms with E-state index in [1.165, 1.54) is 18.3 Å². The van der Waals surface area contributed by atoms with Gasteiger partial charge in [0, 0.05) is 57.6 Å². The van der Waals surface area contributed by atoms with E-state index in [1.54, 1.807) is 28.9 Å². The Balaban J connectivity index is 1.44. The Morgan fingerprint density at radius 2 is 1.91 bits per heavy atom. The fourth-order valence-electron chi connectivity index (χ4n) is 4.09. The third kappa shape index (κ3) is 4.72. The second-order valence-electron chi connectivity index (χ2n) is 8.00. The van der Waals surface area contributed by atoms with E-state index in [2.05, 4.69) is 10.4 Å². The second-order valence-corrected chi connectivity index (χ2v) is 8.00. The van der Waals surface area contributed by atoms with Crippen LogP contribution in [-0.2, 0) is 11.8 Å². The van der Waals surface area contributed by atoms with E-state index in [1.807, 2.05) is 4.90 Å². The molecule has 0 radical (unpaired) electrons. The quantitative estimate of drug-likeness (QED) is 0.545. The van der Waals surface area contributed by atoms with Gasteiger partial charge in [0.1, 0.15) is 0 Å². The van der Waals surface area contributed by atoms with E-state index >= 15 is 0 Å². The average Bonchev–Trinajstić information content (AvgIpc) is 3.26. The molecule has 2 aromatic rings. The van der Waals surface area contributed by atoms with Crippen molar-refractivity contribution in [2.75, 3.05) is 44.3 Å². The number of carbonyl (C=O) groups is 2. The summed E-state index contributed by atoms with van der Waals surface area (Å²) in [5, 5.41) is 18.3. The van der Waals surface area contributed by atoms with Gasteiger partial charge in [0.05, 0.1) is 41.1 Å². The number of hydrogen-bond acceptors (Lipinski definition) is 7. The zero-order valence-corrected chi connectivity index (χ0v) is 17.9. The van der Waals surface area contributed by atoms with Gasteiger partial charge in [-0.1, -0.05) is 0 Å². The first-order valence-corrected chi connectivity index (χ1v) is 10.6. The van der Waals surface area contributed by atoms with Gasteiger partial charge >= 0.3 is 0 Å². The number of piperidine rings is 1. The molecule has 0 unspecified atom stereocenters. The number of likely N-dealkylation sites (tertiary alicyclic amines) is 1. The molecule has 0 saturated carbocycles. The van der Waals surface area contributed by atoms with Gasteiger partial charge in [-0.05, 0) is 18.9 Å². The Morgan fingerprint density at radius 1 is 1.19 bits per heavy atom. The van der Waals surface area contributed by atoms with Gasteiger partial charge in [0.15, 0.2) is 0 Å². The molecule has 2 amide bonds. The molecule has 0 bridgehead atoms. The number of nitrogens with one attached hydrogen (secondary N) is 1. The molecule has 170 valence electrons. The van der Waals surface area contributed by atoms with Crippen molar-refractivity contribution in [1.29, 1.82) is 0 Å². The van der Waals surface area contributed by atoms with Crippen LogP contribution in [0.15, 0.2) is 30.6 Å². The Labute approximate surface area is 185 Å². The molecular formula is C21H26N6O5.